The molecule has 0 aliphatic carbocycles. The van der Waals surface area contributed by atoms with E-state index in [0.717, 1.165) is 41.6 Å². The van der Waals surface area contributed by atoms with Crippen LogP contribution in [0.2, 0.25) is 0 Å². The van der Waals surface area contributed by atoms with Crippen molar-refractivity contribution in [1.29, 1.82) is 0 Å². The van der Waals surface area contributed by atoms with Gasteiger partial charge in [0.1, 0.15) is 11.4 Å². The normalized spacial score (nSPS) is 22.8. The van der Waals surface area contributed by atoms with Gasteiger partial charge in [0.2, 0.25) is 5.91 Å². The molecule has 26 heavy (non-hydrogen) atoms. The fraction of sp³-hybridized carbons (Fsp3) is 0.474. The molecule has 2 aliphatic heterocycles. The van der Waals surface area contributed by atoms with E-state index in [-0.39, 0.29) is 11.8 Å². The van der Waals surface area contributed by atoms with E-state index in [4.69, 9.17) is 4.65 Å². The first-order valence-electron chi connectivity index (χ1n) is 9.39. The number of nitrogens with zero attached hydrogens (tertiary/aromatic N) is 2. The van der Waals surface area contributed by atoms with Gasteiger partial charge in [0.25, 0.3) is 0 Å². The van der Waals surface area contributed by atoms with Crippen LogP contribution >= 0.6 is 0 Å². The van der Waals surface area contributed by atoms with Gasteiger partial charge in [-0.25, -0.2) is 4.98 Å². The summed E-state index contributed by atoms with van der Waals surface area (Å²) in [5, 5.41) is 11.2. The molecule has 6 nitrogen and oxygen atoms in total. The standard InChI is InChI=1S/C19H24BN3O3/c1-3-4-17(24)23-8-6-12(2)15(11-23)14-9-20(25)26-16-10-22-19-13(18(14)16)5-7-21-19/h5,7,9-10,12,15,25H,3-4,6,8,11H2,1-2H3,(H,21,22)/t12-,15?/m1/s1. The van der Waals surface area contributed by atoms with Crippen LogP contribution in [0.25, 0.3) is 16.6 Å². The molecule has 1 fully saturated rings. The van der Waals surface area contributed by atoms with E-state index in [2.05, 4.69) is 16.9 Å². The topological polar surface area (TPSA) is 78.5 Å². The molecule has 1 unspecified atom stereocenters. The van der Waals surface area contributed by atoms with Gasteiger partial charge in [0, 0.05) is 42.6 Å². The molecule has 2 atom stereocenters. The summed E-state index contributed by atoms with van der Waals surface area (Å²) in [7, 11) is -0.982. The Kier molecular flexibility index (Phi) is 4.48. The Morgan fingerprint density at radius 3 is 3.19 bits per heavy atom. The van der Waals surface area contributed by atoms with Gasteiger partial charge in [-0.1, -0.05) is 13.8 Å². The van der Waals surface area contributed by atoms with Crippen molar-refractivity contribution in [3.05, 3.63) is 30.0 Å². The summed E-state index contributed by atoms with van der Waals surface area (Å²) < 4.78 is 5.60. The number of fused-ring (bicyclic) bond motifs is 3. The summed E-state index contributed by atoms with van der Waals surface area (Å²) in [5.41, 5.74) is 2.85. The monoisotopic (exact) mass is 353 g/mol. The van der Waals surface area contributed by atoms with E-state index >= 15 is 0 Å². The highest BCUT2D eigenvalue weighted by molar-refractivity contribution is 6.52. The third-order valence-electron chi connectivity index (χ3n) is 5.58. The average Bonchev–Trinajstić information content (AvgIpc) is 3.10. The second kappa shape index (κ2) is 6.80. The second-order valence-corrected chi connectivity index (χ2v) is 7.33. The van der Waals surface area contributed by atoms with Crippen LogP contribution in [0.15, 0.2) is 24.4 Å². The average molecular weight is 353 g/mol. The molecule has 2 aromatic heterocycles. The molecule has 1 amide bonds. The van der Waals surface area contributed by atoms with Gasteiger partial charge in [-0.3, -0.25) is 4.79 Å². The lowest BCUT2D eigenvalue weighted by Gasteiger charge is -2.40. The molecule has 4 rings (SSSR count). The number of hydrogen-bond acceptors (Lipinski definition) is 4. The predicted molar refractivity (Wildman–Crippen MR) is 101 cm³/mol. The smallest absolute Gasteiger partial charge is 0.531 e. The number of carbonyl (C=O) groups excluding carboxylic acids is 1. The maximum Gasteiger partial charge on any atom is 0.552 e. The molecule has 7 heteroatoms. The Morgan fingerprint density at radius 1 is 1.54 bits per heavy atom. The number of carbonyl (C=O) groups is 1. The summed E-state index contributed by atoms with van der Waals surface area (Å²) >= 11 is 0. The largest absolute Gasteiger partial charge is 0.552 e. The molecule has 0 bridgehead atoms. The van der Waals surface area contributed by atoms with Gasteiger partial charge in [-0.15, -0.1) is 0 Å². The molecule has 0 aromatic carbocycles. The van der Waals surface area contributed by atoms with E-state index < -0.39 is 7.12 Å². The van der Waals surface area contributed by atoms with E-state index in [0.29, 0.717) is 24.6 Å². The number of H-pyrrole nitrogens is 1. The lowest BCUT2D eigenvalue weighted by Crippen LogP contribution is -2.44. The molecule has 0 radical (unpaired) electrons. The lowest BCUT2D eigenvalue weighted by atomic mass is 9.71. The number of hydrogen-bond donors (Lipinski definition) is 2. The fourth-order valence-corrected chi connectivity index (χ4v) is 4.16. The SMILES string of the molecule is CCCC(=O)N1CC[C@@H](C)C(C2=CB(O)Oc3cnc4[nH]ccc4c32)C1. The van der Waals surface area contributed by atoms with Crippen molar-refractivity contribution < 1.29 is 14.5 Å². The number of piperidine rings is 1. The van der Waals surface area contributed by atoms with Crippen LogP contribution in [0.3, 0.4) is 0 Å². The van der Waals surface area contributed by atoms with Crippen molar-refractivity contribution in [2.45, 2.75) is 33.1 Å². The zero-order valence-electron chi connectivity index (χ0n) is 15.2. The van der Waals surface area contributed by atoms with Crippen LogP contribution in [0.1, 0.15) is 38.7 Å². The molecule has 136 valence electrons. The molecule has 2 aromatic rings. The van der Waals surface area contributed by atoms with Crippen LogP contribution in [-0.2, 0) is 4.79 Å². The maximum atomic E-state index is 12.4. The number of amides is 1. The number of aromatic amines is 1. The quantitative estimate of drug-likeness (QED) is 0.832. The lowest BCUT2D eigenvalue weighted by molar-refractivity contribution is -0.133. The number of nitrogens with one attached hydrogen (secondary N) is 1. The highest BCUT2D eigenvalue weighted by Gasteiger charge is 2.36. The summed E-state index contributed by atoms with van der Waals surface area (Å²) in [6, 6.07) is 1.99. The molecule has 4 heterocycles. The Morgan fingerprint density at radius 2 is 2.38 bits per heavy atom. The predicted octanol–water partition coefficient (Wildman–Crippen LogP) is 2.64. The Balaban J connectivity index is 1.74. The molecule has 0 spiro atoms. The zero-order chi connectivity index (χ0) is 18.3. The number of likely N-dealkylation sites (tertiary alicyclic amines) is 1. The van der Waals surface area contributed by atoms with Crippen molar-refractivity contribution in [2.75, 3.05) is 13.1 Å². The van der Waals surface area contributed by atoms with Crippen LogP contribution in [0.4, 0.5) is 0 Å². The van der Waals surface area contributed by atoms with Gasteiger partial charge in [0.15, 0.2) is 0 Å². The van der Waals surface area contributed by atoms with Crippen molar-refractivity contribution in [2.24, 2.45) is 11.8 Å². The second-order valence-electron chi connectivity index (χ2n) is 7.33. The molecule has 2 aliphatic rings. The third-order valence-corrected chi connectivity index (χ3v) is 5.58. The number of rotatable bonds is 3. The highest BCUT2D eigenvalue weighted by atomic mass is 16.5. The van der Waals surface area contributed by atoms with Gasteiger partial charge in [-0.2, -0.15) is 0 Å². The first-order chi connectivity index (χ1) is 12.6. The van der Waals surface area contributed by atoms with Crippen LogP contribution < -0.4 is 4.65 Å². The van der Waals surface area contributed by atoms with Crippen LogP contribution in [0, 0.1) is 11.8 Å². The highest BCUT2D eigenvalue weighted by Crippen LogP contribution is 2.43. The fourth-order valence-electron chi connectivity index (χ4n) is 4.16. The molecular formula is C19H24BN3O3. The van der Waals surface area contributed by atoms with E-state index in [1.807, 2.05) is 24.1 Å². The number of aromatic nitrogens is 2. The van der Waals surface area contributed by atoms with E-state index in [1.54, 1.807) is 12.2 Å². The van der Waals surface area contributed by atoms with E-state index in [9.17, 15) is 9.82 Å². The van der Waals surface area contributed by atoms with Crippen molar-refractivity contribution >= 4 is 29.6 Å². The minimum absolute atomic E-state index is 0.169. The van der Waals surface area contributed by atoms with E-state index in [1.165, 1.54) is 0 Å². The summed E-state index contributed by atoms with van der Waals surface area (Å²) in [4.78, 5) is 21.9. The summed E-state index contributed by atoms with van der Waals surface area (Å²) in [6.45, 7) is 5.76. The Bertz CT molecular complexity index is 863. The minimum Gasteiger partial charge on any atom is -0.531 e. The molecule has 2 N–H and O–H groups in total. The molecule has 0 saturated carbocycles. The maximum absolute atomic E-state index is 12.4. The van der Waals surface area contributed by atoms with Gasteiger partial charge >= 0.3 is 7.12 Å². The van der Waals surface area contributed by atoms with Crippen LogP contribution in [-0.4, -0.2) is 46.0 Å². The van der Waals surface area contributed by atoms with Crippen LogP contribution in [0.5, 0.6) is 5.75 Å². The van der Waals surface area contributed by atoms with Gasteiger partial charge in [-0.05, 0) is 36.4 Å². The molecule has 1 saturated heterocycles. The number of pyridine rings is 1. The summed E-state index contributed by atoms with van der Waals surface area (Å²) in [6.07, 6.45) is 5.95. The minimum atomic E-state index is -0.982. The first kappa shape index (κ1) is 17.2. The van der Waals surface area contributed by atoms with Crippen molar-refractivity contribution in [1.82, 2.24) is 14.9 Å². The van der Waals surface area contributed by atoms with Gasteiger partial charge in [0.05, 0.1) is 6.20 Å². The zero-order valence-corrected chi connectivity index (χ0v) is 15.2. The first-order valence-corrected chi connectivity index (χ1v) is 9.39. The van der Waals surface area contributed by atoms with Crippen molar-refractivity contribution in [3.8, 4) is 5.75 Å². The third kappa shape index (κ3) is 2.90. The Hall–Kier alpha value is -2.28. The van der Waals surface area contributed by atoms with Crippen molar-refractivity contribution in [3.63, 3.8) is 0 Å². The Labute approximate surface area is 153 Å². The molecular weight excluding hydrogens is 329 g/mol. The summed E-state index contributed by atoms with van der Waals surface area (Å²) in [5.74, 6) is 3.21. The van der Waals surface area contributed by atoms with Gasteiger partial charge < -0.3 is 19.6 Å².